The van der Waals surface area contributed by atoms with E-state index in [0.717, 1.165) is 61.6 Å². The minimum Gasteiger partial charge on any atom is -0.463 e. The first-order chi connectivity index (χ1) is 28.0. The Bertz CT molecular complexity index is 1900. The molecule has 23 heteroatoms. The first kappa shape index (κ1) is 48.7. The minimum atomic E-state index is -4.77. The smallest absolute Gasteiger partial charge is 0.303 e. The summed E-state index contributed by atoms with van der Waals surface area (Å²) in [6, 6.07) is 5.49. The Morgan fingerprint density at radius 3 is 1.33 bits per heavy atom. The highest BCUT2D eigenvalue weighted by Crippen LogP contribution is 2.32. The Morgan fingerprint density at radius 1 is 0.550 bits per heavy atom. The monoisotopic (exact) mass is 872 g/mol. The molecule has 0 spiro atoms. The zero-order valence-electron chi connectivity index (χ0n) is 34.2. The van der Waals surface area contributed by atoms with Crippen LogP contribution in [0.3, 0.4) is 0 Å². The van der Waals surface area contributed by atoms with Gasteiger partial charge in [-0.25, -0.2) is 0 Å². The number of benzene rings is 1. The molecule has 0 N–H and O–H groups in total. The van der Waals surface area contributed by atoms with Crippen molar-refractivity contribution in [2.75, 3.05) is 19.8 Å². The third-order valence-electron chi connectivity index (χ3n) is 8.39. The maximum atomic E-state index is 14.5. The van der Waals surface area contributed by atoms with Crippen molar-refractivity contribution >= 4 is 64.0 Å². The second-order valence-corrected chi connectivity index (χ2v) is 15.3. The quantitative estimate of drug-likeness (QED) is 0.0930. The van der Waals surface area contributed by atoms with Crippen LogP contribution in [0, 0.1) is 6.92 Å². The van der Waals surface area contributed by atoms with Gasteiger partial charge in [-0.05, 0) is 19.1 Å². The lowest BCUT2D eigenvalue weighted by Crippen LogP contribution is -2.64. The molecule has 2 aliphatic heterocycles. The lowest BCUT2D eigenvalue weighted by molar-refractivity contribution is -0.253. The van der Waals surface area contributed by atoms with Crippen LogP contribution in [0.5, 0.6) is 0 Å². The van der Waals surface area contributed by atoms with Gasteiger partial charge < -0.3 is 47.4 Å². The zero-order valence-corrected chi connectivity index (χ0v) is 35.1. The second-order valence-electron chi connectivity index (χ2n) is 13.5. The largest absolute Gasteiger partial charge is 0.463 e. The van der Waals surface area contributed by atoms with Gasteiger partial charge in [0, 0.05) is 55.4 Å². The van der Waals surface area contributed by atoms with Crippen LogP contribution in [0.25, 0.3) is 0 Å². The number of carbonyl (C=O) groups excluding carboxylic acids is 8. The van der Waals surface area contributed by atoms with Crippen molar-refractivity contribution in [1.29, 1.82) is 0 Å². The fourth-order valence-corrected chi connectivity index (χ4v) is 7.43. The van der Waals surface area contributed by atoms with E-state index >= 15 is 0 Å². The number of hydrazone groups is 1. The first-order valence-corrected chi connectivity index (χ1v) is 19.7. The summed E-state index contributed by atoms with van der Waals surface area (Å²) in [7, 11) is -4.77. The Balaban J connectivity index is 2.28. The third kappa shape index (κ3) is 14.0. The first-order valence-electron chi connectivity index (χ1n) is 18.2. The van der Waals surface area contributed by atoms with E-state index in [1.807, 2.05) is 0 Å². The Kier molecular flexibility index (Phi) is 17.5. The van der Waals surface area contributed by atoms with E-state index < -0.39 is 139 Å². The summed E-state index contributed by atoms with van der Waals surface area (Å²) in [6.07, 6.45) is -15.1. The van der Waals surface area contributed by atoms with E-state index in [4.69, 9.17) is 47.4 Å². The predicted octanol–water partition coefficient (Wildman–Crippen LogP) is 0.223. The molecule has 2 aliphatic rings. The highest BCUT2D eigenvalue weighted by atomic mass is 32.2. The van der Waals surface area contributed by atoms with E-state index in [-0.39, 0.29) is 4.90 Å². The Morgan fingerprint density at radius 2 is 0.917 bits per heavy atom. The summed E-state index contributed by atoms with van der Waals surface area (Å²) in [5, 5.41) is 4.21. The molecule has 332 valence electrons. The SMILES string of the molecule is CC(=O)OC[C@H]1O[C@@H](/C=N/N(C[C@@H]2O[C@H](COC(C)=O)[C@@H](OC(C)=O)[C@H](OC(C)=O)[C@H]2OC(C)=O)S(=O)(=O)c2ccc(C)cc2)[C@H](OC(C)=O)[C@@H](OC(C)=O)[C@@H]1OC(C)=O. The van der Waals surface area contributed by atoms with Crippen molar-refractivity contribution in [2.24, 2.45) is 5.10 Å². The van der Waals surface area contributed by atoms with Gasteiger partial charge in [0.15, 0.2) is 36.6 Å². The van der Waals surface area contributed by atoms with Crippen molar-refractivity contribution in [3.63, 3.8) is 0 Å². The molecule has 0 saturated carbocycles. The van der Waals surface area contributed by atoms with E-state index in [9.17, 15) is 46.8 Å². The fraction of sp³-hybridized carbons (Fsp3) is 0.595. The van der Waals surface area contributed by atoms with Crippen LogP contribution in [0.2, 0.25) is 0 Å². The van der Waals surface area contributed by atoms with Crippen LogP contribution in [0.1, 0.15) is 61.0 Å². The molecule has 0 amide bonds. The molecule has 2 heterocycles. The molecule has 2 saturated heterocycles. The average molecular weight is 873 g/mol. The van der Waals surface area contributed by atoms with Gasteiger partial charge in [0.05, 0.1) is 17.7 Å². The van der Waals surface area contributed by atoms with Crippen LogP contribution in [-0.4, -0.2) is 148 Å². The van der Waals surface area contributed by atoms with Crippen LogP contribution in [0.15, 0.2) is 34.3 Å². The van der Waals surface area contributed by atoms with Gasteiger partial charge >= 0.3 is 47.8 Å². The van der Waals surface area contributed by atoms with Crippen molar-refractivity contribution in [2.45, 2.75) is 128 Å². The number of nitrogens with zero attached hydrogens (tertiary/aromatic N) is 2. The highest BCUT2D eigenvalue weighted by Gasteiger charge is 2.54. The Labute approximate surface area is 345 Å². The molecule has 0 bridgehead atoms. The molecule has 0 radical (unpaired) electrons. The molecular weight excluding hydrogens is 824 g/mol. The van der Waals surface area contributed by atoms with Crippen molar-refractivity contribution in [3.8, 4) is 0 Å². The van der Waals surface area contributed by atoms with Gasteiger partial charge in [0.2, 0.25) is 0 Å². The van der Waals surface area contributed by atoms with Gasteiger partial charge in [0.1, 0.15) is 37.6 Å². The number of ether oxygens (including phenoxy) is 10. The van der Waals surface area contributed by atoms with Crippen molar-refractivity contribution < 1.29 is 94.1 Å². The van der Waals surface area contributed by atoms with Gasteiger partial charge in [0.25, 0.3) is 10.0 Å². The lowest BCUT2D eigenvalue weighted by atomic mass is 9.94. The molecule has 1 aromatic carbocycles. The van der Waals surface area contributed by atoms with Gasteiger partial charge in [-0.15, -0.1) is 0 Å². The molecule has 0 aliphatic carbocycles. The van der Waals surface area contributed by atoms with Crippen molar-refractivity contribution in [1.82, 2.24) is 4.41 Å². The summed E-state index contributed by atoms with van der Waals surface area (Å²) >= 11 is 0. The average Bonchev–Trinajstić information content (AvgIpc) is 3.11. The maximum absolute atomic E-state index is 14.5. The van der Waals surface area contributed by atoms with Crippen LogP contribution in [-0.2, 0) is 95.7 Å². The molecule has 3 rings (SSSR count). The maximum Gasteiger partial charge on any atom is 0.303 e. The molecule has 1 aromatic rings. The number of sulfonamides is 1. The number of hydrogen-bond acceptors (Lipinski definition) is 21. The summed E-state index contributed by atoms with van der Waals surface area (Å²) in [5.41, 5.74) is 0.682. The van der Waals surface area contributed by atoms with E-state index in [1.54, 1.807) is 6.92 Å². The normalized spacial score (nSPS) is 26.4. The predicted molar refractivity (Wildman–Crippen MR) is 197 cm³/mol. The summed E-state index contributed by atoms with van der Waals surface area (Å²) in [5.74, 6) is -7.12. The second kappa shape index (κ2) is 21.5. The topological polar surface area (TPSA) is 279 Å². The number of carbonyl (C=O) groups is 8. The van der Waals surface area contributed by atoms with Crippen LogP contribution < -0.4 is 0 Å². The van der Waals surface area contributed by atoms with E-state index in [2.05, 4.69) is 5.10 Å². The number of rotatable bonds is 16. The van der Waals surface area contributed by atoms with Gasteiger partial charge in [-0.3, -0.25) is 38.4 Å². The standard InChI is InChI=1S/C37H48N2O20S/c1-18-10-12-27(13-11-18)60(48,49)39(15-29-33(53-22(5)43)37(57-26(9)47)35(55-24(7)45)31(59-29)17-51-20(3)41)38-14-28-32(52-21(4)42)36(56-25(8)46)34(54-23(6)44)30(58-28)16-50-19(2)40/h10-14,28-37H,15-17H2,1-9H3/b38-14+/t28-,29-,30+,31+,32-,33-,34+,35+,36+,37+/m0/s1. The zero-order chi connectivity index (χ0) is 45.1. The summed E-state index contributed by atoms with van der Waals surface area (Å²) < 4.78 is 84.6. The lowest BCUT2D eigenvalue weighted by Gasteiger charge is -2.45. The Hall–Kier alpha value is -5.68. The van der Waals surface area contributed by atoms with Crippen LogP contribution >= 0.6 is 0 Å². The fourth-order valence-electron chi connectivity index (χ4n) is 6.18. The minimum absolute atomic E-state index is 0.322. The molecule has 0 unspecified atom stereocenters. The molecule has 0 aromatic heterocycles. The number of aryl methyl sites for hydroxylation is 1. The van der Waals surface area contributed by atoms with Crippen LogP contribution in [0.4, 0.5) is 0 Å². The molecule has 10 atom stereocenters. The van der Waals surface area contributed by atoms with Gasteiger partial charge in [-0.1, -0.05) is 17.7 Å². The molecule has 60 heavy (non-hydrogen) atoms. The van der Waals surface area contributed by atoms with E-state index in [0.29, 0.717) is 9.98 Å². The highest BCUT2D eigenvalue weighted by molar-refractivity contribution is 7.89. The van der Waals surface area contributed by atoms with Crippen molar-refractivity contribution in [3.05, 3.63) is 29.8 Å². The number of esters is 8. The molecule has 2 fully saturated rings. The molecule has 22 nitrogen and oxygen atoms in total. The number of hydrogen-bond donors (Lipinski definition) is 0. The summed E-state index contributed by atoms with van der Waals surface area (Å²) in [6.45, 7) is 7.84. The third-order valence-corrected chi connectivity index (χ3v) is 10.1. The van der Waals surface area contributed by atoms with Gasteiger partial charge in [-0.2, -0.15) is 17.9 Å². The summed E-state index contributed by atoms with van der Waals surface area (Å²) in [4.78, 5) is 97.6. The van der Waals surface area contributed by atoms with E-state index in [1.165, 1.54) is 24.3 Å². The molecular formula is C37H48N2O20S.